The van der Waals surface area contributed by atoms with Crippen molar-refractivity contribution in [1.29, 1.82) is 0 Å². The van der Waals surface area contributed by atoms with Gasteiger partial charge in [0.05, 0.1) is 12.2 Å². The van der Waals surface area contributed by atoms with E-state index in [1.54, 1.807) is 0 Å². The van der Waals surface area contributed by atoms with E-state index in [9.17, 15) is 13.2 Å². The lowest BCUT2D eigenvalue weighted by molar-refractivity contribution is -0.139. The van der Waals surface area contributed by atoms with Crippen LogP contribution in [0.4, 0.5) is 13.2 Å². The van der Waals surface area contributed by atoms with Crippen molar-refractivity contribution in [3.8, 4) is 0 Å². The maximum atomic E-state index is 12.5. The van der Waals surface area contributed by atoms with Crippen LogP contribution < -0.4 is 0 Å². The summed E-state index contributed by atoms with van der Waals surface area (Å²) in [7, 11) is 0. The SMILES string of the molecule is Cc1cc(Br)cc(CO)c1C(F)(F)F. The predicted octanol–water partition coefficient (Wildman–Crippen LogP) is 3.27. The Morgan fingerprint density at radius 3 is 2.36 bits per heavy atom. The summed E-state index contributed by atoms with van der Waals surface area (Å²) in [6, 6.07) is 2.65. The van der Waals surface area contributed by atoms with E-state index in [2.05, 4.69) is 15.9 Å². The standard InChI is InChI=1S/C9H8BrF3O/c1-5-2-7(10)3-6(4-14)8(5)9(11,12)13/h2-3,14H,4H2,1H3. The number of alkyl halides is 3. The highest BCUT2D eigenvalue weighted by Crippen LogP contribution is 2.36. The number of aliphatic hydroxyl groups excluding tert-OH is 1. The fraction of sp³-hybridized carbons (Fsp3) is 0.333. The van der Waals surface area contributed by atoms with Gasteiger partial charge in [0.15, 0.2) is 0 Å². The van der Waals surface area contributed by atoms with Crippen LogP contribution in [0.15, 0.2) is 16.6 Å². The number of aryl methyl sites for hydroxylation is 1. The van der Waals surface area contributed by atoms with Gasteiger partial charge >= 0.3 is 6.18 Å². The van der Waals surface area contributed by atoms with Crippen molar-refractivity contribution in [3.63, 3.8) is 0 Å². The molecule has 1 N–H and O–H groups in total. The van der Waals surface area contributed by atoms with Crippen molar-refractivity contribution in [2.24, 2.45) is 0 Å². The van der Waals surface area contributed by atoms with Crippen LogP contribution in [0.1, 0.15) is 16.7 Å². The second-order valence-electron chi connectivity index (χ2n) is 2.91. The molecule has 14 heavy (non-hydrogen) atoms. The Morgan fingerprint density at radius 2 is 1.93 bits per heavy atom. The van der Waals surface area contributed by atoms with Gasteiger partial charge in [-0.25, -0.2) is 0 Å². The maximum Gasteiger partial charge on any atom is 0.417 e. The molecule has 0 aliphatic rings. The van der Waals surface area contributed by atoms with Crippen LogP contribution in [0.5, 0.6) is 0 Å². The molecule has 78 valence electrons. The fourth-order valence-corrected chi connectivity index (χ4v) is 1.96. The smallest absolute Gasteiger partial charge is 0.392 e. The van der Waals surface area contributed by atoms with Crippen molar-refractivity contribution in [2.45, 2.75) is 19.7 Å². The molecular weight excluding hydrogens is 261 g/mol. The van der Waals surface area contributed by atoms with E-state index in [1.807, 2.05) is 0 Å². The second-order valence-corrected chi connectivity index (χ2v) is 3.83. The number of rotatable bonds is 1. The van der Waals surface area contributed by atoms with E-state index in [4.69, 9.17) is 5.11 Å². The molecular formula is C9H8BrF3O. The van der Waals surface area contributed by atoms with Crippen molar-refractivity contribution >= 4 is 15.9 Å². The topological polar surface area (TPSA) is 20.2 Å². The van der Waals surface area contributed by atoms with Crippen LogP contribution in [0, 0.1) is 6.92 Å². The number of halogens is 4. The quantitative estimate of drug-likeness (QED) is 0.829. The molecule has 1 rings (SSSR count). The molecule has 5 heteroatoms. The first-order valence-electron chi connectivity index (χ1n) is 3.83. The molecule has 1 nitrogen and oxygen atoms in total. The zero-order valence-electron chi connectivity index (χ0n) is 7.32. The molecule has 0 heterocycles. The number of hydrogen-bond acceptors (Lipinski definition) is 1. The Kier molecular flexibility index (Phi) is 3.21. The van der Waals surface area contributed by atoms with Crippen molar-refractivity contribution in [1.82, 2.24) is 0 Å². The first kappa shape index (κ1) is 11.5. The van der Waals surface area contributed by atoms with Crippen LogP contribution in [-0.4, -0.2) is 5.11 Å². The first-order valence-corrected chi connectivity index (χ1v) is 4.62. The van der Waals surface area contributed by atoms with Gasteiger partial charge in [0.2, 0.25) is 0 Å². The molecule has 0 aliphatic carbocycles. The number of benzene rings is 1. The summed E-state index contributed by atoms with van der Waals surface area (Å²) in [5.41, 5.74) is -0.747. The van der Waals surface area contributed by atoms with Crippen molar-refractivity contribution in [3.05, 3.63) is 33.3 Å². The van der Waals surface area contributed by atoms with E-state index in [-0.39, 0.29) is 11.1 Å². The summed E-state index contributed by atoms with van der Waals surface area (Å²) < 4.78 is 38.0. The van der Waals surface area contributed by atoms with Crippen LogP contribution in [0.2, 0.25) is 0 Å². The molecule has 0 atom stereocenters. The summed E-state index contributed by atoms with van der Waals surface area (Å²) >= 11 is 3.08. The highest BCUT2D eigenvalue weighted by molar-refractivity contribution is 9.10. The van der Waals surface area contributed by atoms with E-state index in [1.165, 1.54) is 19.1 Å². The zero-order valence-corrected chi connectivity index (χ0v) is 8.91. The highest BCUT2D eigenvalue weighted by Gasteiger charge is 2.34. The average Bonchev–Trinajstić information content (AvgIpc) is 1.99. The van der Waals surface area contributed by atoms with Gasteiger partial charge in [-0.1, -0.05) is 15.9 Å². The highest BCUT2D eigenvalue weighted by atomic mass is 79.9. The van der Waals surface area contributed by atoms with E-state index < -0.39 is 18.3 Å². The molecule has 0 amide bonds. The van der Waals surface area contributed by atoms with Gasteiger partial charge in [-0.15, -0.1) is 0 Å². The van der Waals surface area contributed by atoms with Crippen LogP contribution in [-0.2, 0) is 12.8 Å². The van der Waals surface area contributed by atoms with Crippen molar-refractivity contribution < 1.29 is 18.3 Å². The molecule has 0 saturated heterocycles. The number of hydrogen-bond donors (Lipinski definition) is 1. The van der Waals surface area contributed by atoms with Gasteiger partial charge in [0.25, 0.3) is 0 Å². The monoisotopic (exact) mass is 268 g/mol. The van der Waals surface area contributed by atoms with Gasteiger partial charge in [-0.05, 0) is 30.2 Å². The Bertz CT molecular complexity index is 347. The summed E-state index contributed by atoms with van der Waals surface area (Å²) in [6.45, 7) is 0.752. The Morgan fingerprint density at radius 1 is 1.36 bits per heavy atom. The molecule has 0 radical (unpaired) electrons. The lowest BCUT2D eigenvalue weighted by Gasteiger charge is -2.14. The fourth-order valence-electron chi connectivity index (χ4n) is 1.34. The number of aliphatic hydroxyl groups is 1. The largest absolute Gasteiger partial charge is 0.417 e. The van der Waals surface area contributed by atoms with E-state index in [0.29, 0.717) is 4.47 Å². The Hall–Kier alpha value is -0.550. The van der Waals surface area contributed by atoms with E-state index in [0.717, 1.165) is 0 Å². The van der Waals surface area contributed by atoms with Gasteiger partial charge in [-0.3, -0.25) is 0 Å². The average molecular weight is 269 g/mol. The van der Waals surface area contributed by atoms with Crippen LogP contribution >= 0.6 is 15.9 Å². The molecule has 0 spiro atoms. The molecule has 1 aromatic carbocycles. The molecule has 1 aromatic rings. The molecule has 0 fully saturated rings. The lowest BCUT2D eigenvalue weighted by atomic mass is 10.0. The minimum Gasteiger partial charge on any atom is -0.392 e. The predicted molar refractivity (Wildman–Crippen MR) is 49.8 cm³/mol. The third-order valence-electron chi connectivity index (χ3n) is 1.84. The molecule has 0 unspecified atom stereocenters. The Balaban J connectivity index is 3.40. The summed E-state index contributed by atoms with van der Waals surface area (Å²) in [4.78, 5) is 0. The minimum atomic E-state index is -4.41. The van der Waals surface area contributed by atoms with Gasteiger partial charge in [0.1, 0.15) is 0 Å². The molecule has 0 bridgehead atoms. The van der Waals surface area contributed by atoms with Gasteiger partial charge in [0, 0.05) is 4.47 Å². The van der Waals surface area contributed by atoms with E-state index >= 15 is 0 Å². The first-order chi connectivity index (χ1) is 6.36. The van der Waals surface area contributed by atoms with Gasteiger partial charge < -0.3 is 5.11 Å². The molecule has 0 aromatic heterocycles. The second kappa shape index (κ2) is 3.90. The third-order valence-corrected chi connectivity index (χ3v) is 2.29. The minimum absolute atomic E-state index is 0.107. The summed E-state index contributed by atoms with van der Waals surface area (Å²) in [6.07, 6.45) is -4.41. The molecule has 0 aliphatic heterocycles. The Labute approximate surface area is 87.7 Å². The van der Waals surface area contributed by atoms with Gasteiger partial charge in [-0.2, -0.15) is 13.2 Å². The third kappa shape index (κ3) is 2.27. The molecule has 0 saturated carbocycles. The van der Waals surface area contributed by atoms with Crippen LogP contribution in [0.3, 0.4) is 0 Å². The normalized spacial score (nSPS) is 11.9. The lowest BCUT2D eigenvalue weighted by Crippen LogP contribution is -2.11. The maximum absolute atomic E-state index is 12.5. The van der Waals surface area contributed by atoms with Crippen molar-refractivity contribution in [2.75, 3.05) is 0 Å². The zero-order chi connectivity index (χ0) is 10.9. The van der Waals surface area contributed by atoms with Crippen LogP contribution in [0.25, 0.3) is 0 Å². The summed E-state index contributed by atoms with van der Waals surface area (Å²) in [5, 5.41) is 8.81. The summed E-state index contributed by atoms with van der Waals surface area (Å²) in [5.74, 6) is 0.